The van der Waals surface area contributed by atoms with Gasteiger partial charge < -0.3 is 10.2 Å². The van der Waals surface area contributed by atoms with Crippen molar-refractivity contribution in [3.05, 3.63) is 46.3 Å². The van der Waals surface area contributed by atoms with Crippen LogP contribution in [0.1, 0.15) is 22.2 Å². The molecule has 0 saturated carbocycles. The number of likely N-dealkylation sites (N-methyl/N-ethyl adjacent to an activating group) is 1. The molecule has 5 heteroatoms. The van der Waals surface area contributed by atoms with Crippen LogP contribution in [0.2, 0.25) is 0 Å². The van der Waals surface area contributed by atoms with Gasteiger partial charge in [-0.1, -0.05) is 6.07 Å². The van der Waals surface area contributed by atoms with Gasteiger partial charge in [-0.3, -0.25) is 4.79 Å². The van der Waals surface area contributed by atoms with Gasteiger partial charge in [0.1, 0.15) is 5.82 Å². The number of carbonyl (C=O) groups excluding carboxylic acids is 1. The topological polar surface area (TPSA) is 45.2 Å². The van der Waals surface area contributed by atoms with Gasteiger partial charge >= 0.3 is 0 Å². The molecule has 2 aromatic rings. The number of hydrogen-bond acceptors (Lipinski definition) is 4. The zero-order valence-electron chi connectivity index (χ0n) is 12.0. The van der Waals surface area contributed by atoms with Crippen molar-refractivity contribution in [1.29, 1.82) is 0 Å². The van der Waals surface area contributed by atoms with E-state index < -0.39 is 0 Å². The molecule has 0 aliphatic heterocycles. The van der Waals surface area contributed by atoms with E-state index in [1.807, 2.05) is 13.1 Å². The van der Waals surface area contributed by atoms with E-state index in [1.54, 1.807) is 41.6 Å². The predicted molar refractivity (Wildman–Crippen MR) is 83.4 cm³/mol. The van der Waals surface area contributed by atoms with Crippen LogP contribution in [0.3, 0.4) is 0 Å². The van der Waals surface area contributed by atoms with Crippen molar-refractivity contribution in [3.8, 4) is 0 Å². The zero-order valence-corrected chi connectivity index (χ0v) is 12.8. The molecule has 106 valence electrons. The number of aromatic nitrogens is 1. The minimum atomic E-state index is 0.0213. The first-order valence-corrected chi connectivity index (χ1v) is 7.43. The van der Waals surface area contributed by atoms with Crippen molar-refractivity contribution < 1.29 is 4.79 Å². The fraction of sp³-hybridized carbons (Fsp3) is 0.333. The van der Waals surface area contributed by atoms with E-state index in [-0.39, 0.29) is 11.9 Å². The number of thiophene rings is 1. The highest BCUT2D eigenvalue weighted by Gasteiger charge is 2.18. The maximum atomic E-state index is 12.5. The van der Waals surface area contributed by atoms with Gasteiger partial charge in [0, 0.05) is 43.2 Å². The summed E-state index contributed by atoms with van der Waals surface area (Å²) >= 11 is 1.72. The normalized spacial score (nSPS) is 11.9. The average molecular weight is 289 g/mol. The van der Waals surface area contributed by atoms with Gasteiger partial charge in [0.05, 0.1) is 0 Å². The van der Waals surface area contributed by atoms with E-state index in [1.165, 1.54) is 4.88 Å². The molecule has 1 amide bonds. The minimum absolute atomic E-state index is 0.0213. The Morgan fingerprint density at radius 3 is 2.95 bits per heavy atom. The van der Waals surface area contributed by atoms with Crippen molar-refractivity contribution in [1.82, 2.24) is 9.88 Å². The molecular weight excluding hydrogens is 270 g/mol. The van der Waals surface area contributed by atoms with Crippen molar-refractivity contribution in [2.75, 3.05) is 19.4 Å². The maximum absolute atomic E-state index is 12.5. The van der Waals surface area contributed by atoms with E-state index in [9.17, 15) is 4.79 Å². The van der Waals surface area contributed by atoms with Gasteiger partial charge in [0.2, 0.25) is 0 Å². The van der Waals surface area contributed by atoms with Gasteiger partial charge in [0.15, 0.2) is 0 Å². The smallest absolute Gasteiger partial charge is 0.254 e. The summed E-state index contributed by atoms with van der Waals surface area (Å²) in [4.78, 5) is 19.7. The lowest BCUT2D eigenvalue weighted by Crippen LogP contribution is -2.36. The Labute approximate surface area is 123 Å². The summed E-state index contributed by atoms with van der Waals surface area (Å²) in [6, 6.07) is 7.82. The monoisotopic (exact) mass is 289 g/mol. The van der Waals surface area contributed by atoms with Crippen molar-refractivity contribution in [2.24, 2.45) is 0 Å². The number of pyridine rings is 1. The largest absolute Gasteiger partial charge is 0.373 e. The van der Waals surface area contributed by atoms with E-state index >= 15 is 0 Å². The van der Waals surface area contributed by atoms with Gasteiger partial charge in [-0.05, 0) is 30.5 Å². The summed E-state index contributed by atoms with van der Waals surface area (Å²) < 4.78 is 0. The summed E-state index contributed by atoms with van der Waals surface area (Å²) in [5, 5.41) is 5.01. The van der Waals surface area contributed by atoms with Crippen LogP contribution in [-0.2, 0) is 6.42 Å². The summed E-state index contributed by atoms with van der Waals surface area (Å²) in [6.07, 6.45) is 2.53. The Morgan fingerprint density at radius 1 is 1.50 bits per heavy atom. The highest BCUT2D eigenvalue weighted by atomic mass is 32.1. The SMILES string of the molecule is CNc1cc(C(=O)N(C)C(C)Cc2cccs2)ccn1. The Hall–Kier alpha value is -1.88. The van der Waals surface area contributed by atoms with E-state index in [0.717, 1.165) is 6.42 Å². The number of nitrogens with zero attached hydrogens (tertiary/aromatic N) is 2. The molecule has 0 bridgehead atoms. The van der Waals surface area contributed by atoms with Crippen LogP contribution in [0.15, 0.2) is 35.8 Å². The molecule has 4 nitrogen and oxygen atoms in total. The molecular formula is C15H19N3OS. The van der Waals surface area contributed by atoms with Crippen molar-refractivity contribution in [2.45, 2.75) is 19.4 Å². The number of amides is 1. The molecule has 0 spiro atoms. The van der Waals surface area contributed by atoms with Gasteiger partial charge in [-0.15, -0.1) is 11.3 Å². The van der Waals surface area contributed by atoms with Gasteiger partial charge in [0.25, 0.3) is 5.91 Å². The van der Waals surface area contributed by atoms with Crippen LogP contribution in [0.5, 0.6) is 0 Å². The third-order valence-electron chi connectivity index (χ3n) is 3.32. The molecule has 20 heavy (non-hydrogen) atoms. The molecule has 2 rings (SSSR count). The number of hydrogen-bond donors (Lipinski definition) is 1. The third-order valence-corrected chi connectivity index (χ3v) is 4.22. The standard InChI is InChI=1S/C15H19N3OS/c1-11(9-13-5-4-8-20-13)18(3)15(19)12-6-7-17-14(10-12)16-2/h4-8,10-11H,9H2,1-3H3,(H,16,17). The van der Waals surface area contributed by atoms with Crippen LogP contribution < -0.4 is 5.32 Å². The zero-order chi connectivity index (χ0) is 14.5. The molecule has 0 aliphatic rings. The highest BCUT2D eigenvalue weighted by molar-refractivity contribution is 7.09. The van der Waals surface area contributed by atoms with Crippen LogP contribution in [-0.4, -0.2) is 35.9 Å². The Kier molecular flexibility index (Phi) is 4.74. The quantitative estimate of drug-likeness (QED) is 0.920. The van der Waals surface area contributed by atoms with Crippen LogP contribution in [0, 0.1) is 0 Å². The predicted octanol–water partition coefficient (Wildman–Crippen LogP) is 2.89. The summed E-state index contributed by atoms with van der Waals surface area (Å²) in [5.74, 6) is 0.725. The van der Waals surface area contributed by atoms with Crippen LogP contribution in [0.25, 0.3) is 0 Å². The molecule has 0 radical (unpaired) electrons. The van der Waals surface area contributed by atoms with E-state index in [2.05, 4.69) is 28.7 Å². The first-order chi connectivity index (χ1) is 9.61. The molecule has 1 atom stereocenters. The van der Waals surface area contributed by atoms with Gasteiger partial charge in [-0.25, -0.2) is 4.98 Å². The molecule has 0 saturated heterocycles. The summed E-state index contributed by atoms with van der Waals surface area (Å²) in [7, 11) is 3.64. The second-order valence-electron chi connectivity index (χ2n) is 4.73. The first kappa shape index (κ1) is 14.5. The molecule has 1 N–H and O–H groups in total. The Balaban J connectivity index is 2.07. The number of rotatable bonds is 5. The highest BCUT2D eigenvalue weighted by Crippen LogP contribution is 2.16. The van der Waals surface area contributed by atoms with Crippen LogP contribution >= 0.6 is 11.3 Å². The third kappa shape index (κ3) is 3.36. The van der Waals surface area contributed by atoms with Crippen molar-refractivity contribution in [3.63, 3.8) is 0 Å². The molecule has 0 fully saturated rings. The van der Waals surface area contributed by atoms with E-state index in [0.29, 0.717) is 11.4 Å². The molecule has 2 heterocycles. The van der Waals surface area contributed by atoms with E-state index in [4.69, 9.17) is 0 Å². The first-order valence-electron chi connectivity index (χ1n) is 6.55. The Bertz CT molecular complexity index is 568. The average Bonchev–Trinajstić information content (AvgIpc) is 2.98. The van der Waals surface area contributed by atoms with Crippen molar-refractivity contribution >= 4 is 23.1 Å². The fourth-order valence-corrected chi connectivity index (χ4v) is 2.79. The number of anilines is 1. The summed E-state index contributed by atoms with van der Waals surface area (Å²) in [5.41, 5.74) is 0.657. The number of nitrogens with one attached hydrogen (secondary N) is 1. The fourth-order valence-electron chi connectivity index (χ4n) is 1.96. The molecule has 1 unspecified atom stereocenters. The number of carbonyl (C=O) groups is 1. The van der Waals surface area contributed by atoms with Gasteiger partial charge in [-0.2, -0.15) is 0 Å². The molecule has 2 aromatic heterocycles. The lowest BCUT2D eigenvalue weighted by atomic mass is 10.1. The maximum Gasteiger partial charge on any atom is 0.254 e. The molecule has 0 aliphatic carbocycles. The Morgan fingerprint density at radius 2 is 2.30 bits per heavy atom. The van der Waals surface area contributed by atoms with Crippen LogP contribution in [0.4, 0.5) is 5.82 Å². The second kappa shape index (κ2) is 6.52. The molecule has 0 aromatic carbocycles. The minimum Gasteiger partial charge on any atom is -0.373 e. The lowest BCUT2D eigenvalue weighted by molar-refractivity contribution is 0.0744. The summed E-state index contributed by atoms with van der Waals surface area (Å²) in [6.45, 7) is 2.07. The second-order valence-corrected chi connectivity index (χ2v) is 5.76. The lowest BCUT2D eigenvalue weighted by Gasteiger charge is -2.24.